The van der Waals surface area contributed by atoms with Crippen molar-refractivity contribution in [2.24, 2.45) is 23.7 Å². The van der Waals surface area contributed by atoms with E-state index in [0.29, 0.717) is 18.4 Å². The van der Waals surface area contributed by atoms with Gasteiger partial charge in [-0.15, -0.1) is 0 Å². The van der Waals surface area contributed by atoms with Gasteiger partial charge in [0.15, 0.2) is 11.4 Å². The summed E-state index contributed by atoms with van der Waals surface area (Å²) in [5.74, 6) is -3.91. The molecule has 1 aromatic carbocycles. The van der Waals surface area contributed by atoms with Crippen molar-refractivity contribution in [1.29, 1.82) is 0 Å². The number of Topliss-reactive ketones (excluding diaryl/α,β-unsaturated/α-hetero) is 1. The second-order valence-corrected chi connectivity index (χ2v) is 11.8. The van der Waals surface area contributed by atoms with Crippen LogP contribution in [0, 0.1) is 23.7 Å². The molecule has 8 heteroatoms. The first-order valence-corrected chi connectivity index (χ1v) is 12.6. The Balaban J connectivity index is 1.52. The fourth-order valence-corrected chi connectivity index (χ4v) is 8.55. The molecule has 6 fully saturated rings. The summed E-state index contributed by atoms with van der Waals surface area (Å²) in [6.07, 6.45) is -1.97. The maximum absolute atomic E-state index is 13.5. The highest BCUT2D eigenvalue weighted by atomic mass is 16.9. The second-order valence-electron chi connectivity index (χ2n) is 11.8. The Kier molecular flexibility index (Phi) is 4.14. The summed E-state index contributed by atoms with van der Waals surface area (Å²) in [5, 5.41) is 34.1. The van der Waals surface area contributed by atoms with Gasteiger partial charge in [0.1, 0.15) is 29.5 Å². The highest BCUT2D eigenvalue weighted by Crippen LogP contribution is 2.74. The molecule has 0 spiro atoms. The molecule has 188 valence electrons. The van der Waals surface area contributed by atoms with Crippen molar-refractivity contribution >= 4 is 5.78 Å². The zero-order valence-corrected chi connectivity index (χ0v) is 20.1. The minimum absolute atomic E-state index is 0.199. The molecule has 3 aliphatic heterocycles. The van der Waals surface area contributed by atoms with Crippen LogP contribution in [0.15, 0.2) is 42.5 Å². The minimum atomic E-state index is -2.13. The Morgan fingerprint density at radius 2 is 1.86 bits per heavy atom. The minimum Gasteiger partial charge on any atom is -0.393 e. The van der Waals surface area contributed by atoms with E-state index in [0.717, 1.165) is 5.57 Å². The van der Waals surface area contributed by atoms with Gasteiger partial charge in [-0.1, -0.05) is 50.8 Å². The van der Waals surface area contributed by atoms with Crippen molar-refractivity contribution in [3.8, 4) is 0 Å². The molecule has 3 saturated carbocycles. The highest BCUT2D eigenvalue weighted by molar-refractivity contribution is 5.93. The summed E-state index contributed by atoms with van der Waals surface area (Å²) in [4.78, 5) is 13.5. The molecule has 6 aliphatic rings. The van der Waals surface area contributed by atoms with Gasteiger partial charge >= 0.3 is 5.97 Å². The zero-order chi connectivity index (χ0) is 24.8. The number of carbonyl (C=O) groups excluding carboxylic acids is 1. The molecular formula is C27H32O8. The van der Waals surface area contributed by atoms with E-state index in [4.69, 9.17) is 18.9 Å². The lowest BCUT2D eigenvalue weighted by Crippen LogP contribution is -2.72. The van der Waals surface area contributed by atoms with Crippen LogP contribution < -0.4 is 0 Å². The van der Waals surface area contributed by atoms with Crippen LogP contribution >= 0.6 is 0 Å². The van der Waals surface area contributed by atoms with Gasteiger partial charge in [0.25, 0.3) is 0 Å². The zero-order valence-electron chi connectivity index (χ0n) is 20.1. The van der Waals surface area contributed by atoms with Crippen LogP contribution in [-0.2, 0) is 29.7 Å². The van der Waals surface area contributed by atoms with Crippen molar-refractivity contribution in [2.45, 2.75) is 80.3 Å². The van der Waals surface area contributed by atoms with E-state index in [1.807, 2.05) is 44.2 Å². The van der Waals surface area contributed by atoms with E-state index in [1.165, 1.54) is 0 Å². The van der Waals surface area contributed by atoms with E-state index in [1.54, 1.807) is 6.92 Å². The summed E-state index contributed by atoms with van der Waals surface area (Å²) >= 11 is 0. The standard InChI is InChI=1S/C27H32O8/c1-13(2)23-11-15(4)26-17-10-14(3)19(29)25(17,31)22(30)24(12-28)21(32-24)18(26)20(23)33-27(34-23,35-26)16-8-6-5-7-9-16/h5-9,14-15,17-18,20-22,28,30-31H,1,10-12H2,2-4H3/t14-,15+,17-,18-,20+,21-,22+,23+,24-,25+,26-,27+/m0/s1. The number of carbonyl (C=O) groups is 1. The Morgan fingerprint density at radius 1 is 1.14 bits per heavy atom. The maximum atomic E-state index is 13.5. The first-order chi connectivity index (χ1) is 16.5. The van der Waals surface area contributed by atoms with E-state index in [9.17, 15) is 20.1 Å². The number of fused-ring (bicyclic) bond motifs is 3. The van der Waals surface area contributed by atoms with Gasteiger partial charge in [-0.2, -0.15) is 0 Å². The summed E-state index contributed by atoms with van der Waals surface area (Å²) in [6.45, 7) is 9.47. The normalized spacial score (nSPS) is 57.3. The van der Waals surface area contributed by atoms with E-state index in [2.05, 4.69) is 6.58 Å². The Labute approximate surface area is 203 Å². The van der Waals surface area contributed by atoms with Gasteiger partial charge in [0, 0.05) is 23.3 Å². The van der Waals surface area contributed by atoms with Crippen LogP contribution in [0.3, 0.4) is 0 Å². The van der Waals surface area contributed by atoms with Crippen molar-refractivity contribution in [2.75, 3.05) is 6.61 Å². The summed E-state index contributed by atoms with van der Waals surface area (Å²) in [7, 11) is 0. The van der Waals surface area contributed by atoms with Gasteiger partial charge in [-0.25, -0.2) is 0 Å². The Morgan fingerprint density at radius 3 is 2.51 bits per heavy atom. The van der Waals surface area contributed by atoms with Crippen molar-refractivity contribution in [3.05, 3.63) is 48.0 Å². The average Bonchev–Trinajstić information content (AvgIpc) is 3.48. The van der Waals surface area contributed by atoms with Gasteiger partial charge in [0.05, 0.1) is 12.2 Å². The highest BCUT2D eigenvalue weighted by Gasteiger charge is 2.89. The number of rotatable bonds is 3. The topological polar surface area (TPSA) is 118 Å². The van der Waals surface area contributed by atoms with Crippen molar-refractivity contribution in [3.63, 3.8) is 0 Å². The number of ketones is 1. The van der Waals surface area contributed by atoms with Crippen molar-refractivity contribution < 1.29 is 39.1 Å². The van der Waals surface area contributed by atoms with Crippen LogP contribution in [0.4, 0.5) is 0 Å². The molecule has 7 rings (SSSR count). The van der Waals surface area contributed by atoms with Gasteiger partial charge < -0.3 is 34.3 Å². The summed E-state index contributed by atoms with van der Waals surface area (Å²) in [5.41, 5.74) is -4.14. The molecule has 0 unspecified atom stereocenters. The first-order valence-electron chi connectivity index (χ1n) is 12.6. The molecule has 8 nitrogen and oxygen atoms in total. The number of hydrogen-bond donors (Lipinski definition) is 3. The molecule has 12 atom stereocenters. The lowest BCUT2D eigenvalue weighted by atomic mass is 9.54. The van der Waals surface area contributed by atoms with Crippen LogP contribution in [-0.4, -0.2) is 68.4 Å². The molecule has 3 aliphatic carbocycles. The fourth-order valence-electron chi connectivity index (χ4n) is 8.55. The first kappa shape index (κ1) is 22.5. The van der Waals surface area contributed by atoms with Gasteiger partial charge in [-0.05, 0) is 31.3 Å². The fraction of sp³-hybridized carbons (Fsp3) is 0.667. The van der Waals surface area contributed by atoms with E-state index in [-0.39, 0.29) is 5.92 Å². The van der Waals surface area contributed by atoms with Crippen LogP contribution in [0.25, 0.3) is 0 Å². The molecule has 35 heavy (non-hydrogen) atoms. The molecule has 3 bridgehead atoms. The molecular weight excluding hydrogens is 452 g/mol. The van der Waals surface area contributed by atoms with Crippen LogP contribution in [0.1, 0.15) is 39.2 Å². The predicted molar refractivity (Wildman–Crippen MR) is 121 cm³/mol. The van der Waals surface area contributed by atoms with E-state index >= 15 is 0 Å². The third kappa shape index (κ3) is 2.20. The Bertz CT molecular complexity index is 1140. The summed E-state index contributed by atoms with van der Waals surface area (Å²) in [6, 6.07) is 9.41. The quantitative estimate of drug-likeness (QED) is 0.436. The third-order valence-electron chi connectivity index (χ3n) is 10.2. The van der Waals surface area contributed by atoms with Gasteiger partial charge in [-0.3, -0.25) is 4.79 Å². The lowest BCUT2D eigenvalue weighted by molar-refractivity contribution is -0.442. The predicted octanol–water partition coefficient (Wildman–Crippen LogP) is 1.41. The molecule has 3 heterocycles. The number of epoxide rings is 1. The smallest absolute Gasteiger partial charge is 0.313 e. The molecule has 0 amide bonds. The summed E-state index contributed by atoms with van der Waals surface area (Å²) < 4.78 is 26.6. The van der Waals surface area contributed by atoms with Crippen LogP contribution in [0.2, 0.25) is 0 Å². The van der Waals surface area contributed by atoms with Crippen LogP contribution in [0.5, 0.6) is 0 Å². The average molecular weight is 485 g/mol. The molecule has 3 N–H and O–H groups in total. The molecule has 1 aromatic rings. The van der Waals surface area contributed by atoms with Gasteiger partial charge in [0.2, 0.25) is 0 Å². The second kappa shape index (κ2) is 6.42. The lowest BCUT2D eigenvalue weighted by Gasteiger charge is -2.60. The number of hydrogen-bond acceptors (Lipinski definition) is 8. The molecule has 0 radical (unpaired) electrons. The van der Waals surface area contributed by atoms with Crippen molar-refractivity contribution in [1.82, 2.24) is 0 Å². The number of ether oxygens (including phenoxy) is 4. The number of aliphatic hydroxyl groups is 3. The number of aliphatic hydroxyl groups excluding tert-OH is 2. The monoisotopic (exact) mass is 484 g/mol. The third-order valence-corrected chi connectivity index (χ3v) is 10.2. The largest absolute Gasteiger partial charge is 0.393 e. The van der Waals surface area contributed by atoms with E-state index < -0.39 is 76.8 Å². The molecule has 3 saturated heterocycles. The maximum Gasteiger partial charge on any atom is 0.313 e. The Hall–Kier alpha value is -1.65. The number of benzene rings is 1. The SMILES string of the molecule is C=C(C)[C@]12C[C@@H](C)[C@@]34O[C@](c5ccccc5)(O[C@@H]1[C@H]3[C@@H]1O[C@]1(CO)[C@@H](O)[C@]1(O)C(=O)[C@@H](C)C[C@@H]14)O2. The molecule has 0 aromatic heterocycles.